The Hall–Kier alpha value is -1.64. The SMILES string of the molecule is O=C(Cc1ccccc1F)C1=CCCO1. The van der Waals surface area contributed by atoms with Gasteiger partial charge in [-0.25, -0.2) is 4.39 Å². The van der Waals surface area contributed by atoms with Gasteiger partial charge in [0, 0.05) is 12.8 Å². The summed E-state index contributed by atoms with van der Waals surface area (Å²) in [6, 6.07) is 6.29. The van der Waals surface area contributed by atoms with Crippen molar-refractivity contribution in [2.45, 2.75) is 12.8 Å². The van der Waals surface area contributed by atoms with Crippen LogP contribution in [0.3, 0.4) is 0 Å². The van der Waals surface area contributed by atoms with E-state index in [0.717, 1.165) is 6.42 Å². The minimum atomic E-state index is -0.343. The Labute approximate surface area is 87.4 Å². The number of ether oxygens (including phenoxy) is 1. The highest BCUT2D eigenvalue weighted by molar-refractivity contribution is 5.95. The third kappa shape index (κ3) is 2.24. The molecule has 1 aromatic rings. The predicted molar refractivity (Wildman–Crippen MR) is 53.8 cm³/mol. The summed E-state index contributed by atoms with van der Waals surface area (Å²) in [6.45, 7) is 0.554. The summed E-state index contributed by atoms with van der Waals surface area (Å²) in [4.78, 5) is 11.6. The lowest BCUT2D eigenvalue weighted by Crippen LogP contribution is -2.08. The second-order valence-corrected chi connectivity index (χ2v) is 3.40. The largest absolute Gasteiger partial charge is 0.490 e. The van der Waals surface area contributed by atoms with Crippen LogP contribution in [-0.2, 0) is 16.0 Å². The first-order chi connectivity index (χ1) is 7.27. The van der Waals surface area contributed by atoms with Crippen LogP contribution in [0.25, 0.3) is 0 Å². The van der Waals surface area contributed by atoms with Crippen molar-refractivity contribution in [3.05, 3.63) is 47.5 Å². The lowest BCUT2D eigenvalue weighted by atomic mass is 10.1. The van der Waals surface area contributed by atoms with Crippen LogP contribution in [-0.4, -0.2) is 12.4 Å². The van der Waals surface area contributed by atoms with Crippen molar-refractivity contribution in [3.63, 3.8) is 0 Å². The van der Waals surface area contributed by atoms with Crippen LogP contribution < -0.4 is 0 Å². The molecule has 0 atom stereocenters. The van der Waals surface area contributed by atoms with Gasteiger partial charge in [0.15, 0.2) is 5.76 Å². The number of ketones is 1. The number of carbonyl (C=O) groups excluding carboxylic acids is 1. The lowest BCUT2D eigenvalue weighted by Gasteiger charge is -2.03. The van der Waals surface area contributed by atoms with Crippen LogP contribution in [0, 0.1) is 5.82 Å². The highest BCUT2D eigenvalue weighted by atomic mass is 19.1. The van der Waals surface area contributed by atoms with Gasteiger partial charge >= 0.3 is 0 Å². The van der Waals surface area contributed by atoms with Crippen molar-refractivity contribution in [1.82, 2.24) is 0 Å². The first-order valence-electron chi connectivity index (χ1n) is 4.87. The van der Waals surface area contributed by atoms with E-state index < -0.39 is 0 Å². The number of hydrogen-bond acceptors (Lipinski definition) is 2. The van der Waals surface area contributed by atoms with Crippen LogP contribution in [0.5, 0.6) is 0 Å². The molecule has 0 amide bonds. The van der Waals surface area contributed by atoms with Gasteiger partial charge in [0.2, 0.25) is 5.78 Å². The summed E-state index contributed by atoms with van der Waals surface area (Å²) in [5.41, 5.74) is 0.416. The molecule has 0 saturated heterocycles. The van der Waals surface area contributed by atoms with Gasteiger partial charge in [-0.1, -0.05) is 18.2 Å². The molecule has 0 bridgehead atoms. The molecule has 1 aliphatic rings. The van der Waals surface area contributed by atoms with Crippen LogP contribution >= 0.6 is 0 Å². The maximum absolute atomic E-state index is 13.2. The molecule has 0 aliphatic carbocycles. The summed E-state index contributed by atoms with van der Waals surface area (Å²) in [7, 11) is 0. The second-order valence-electron chi connectivity index (χ2n) is 3.40. The Morgan fingerprint density at radius 1 is 1.40 bits per heavy atom. The number of halogens is 1. The fraction of sp³-hybridized carbons (Fsp3) is 0.250. The zero-order valence-corrected chi connectivity index (χ0v) is 8.20. The zero-order chi connectivity index (χ0) is 10.7. The van der Waals surface area contributed by atoms with Gasteiger partial charge in [-0.2, -0.15) is 0 Å². The topological polar surface area (TPSA) is 26.3 Å². The number of carbonyl (C=O) groups is 1. The molecule has 0 aromatic heterocycles. The van der Waals surface area contributed by atoms with Gasteiger partial charge < -0.3 is 4.74 Å². The van der Waals surface area contributed by atoms with E-state index in [9.17, 15) is 9.18 Å². The summed E-state index contributed by atoms with van der Waals surface area (Å²) < 4.78 is 18.3. The van der Waals surface area contributed by atoms with E-state index in [1.54, 1.807) is 24.3 Å². The number of allylic oxidation sites excluding steroid dienone is 1. The summed E-state index contributed by atoms with van der Waals surface area (Å²) in [5.74, 6) is -0.125. The summed E-state index contributed by atoms with van der Waals surface area (Å²) >= 11 is 0. The van der Waals surface area contributed by atoms with Gasteiger partial charge in [-0.3, -0.25) is 4.79 Å². The quantitative estimate of drug-likeness (QED) is 0.758. The Balaban J connectivity index is 2.09. The van der Waals surface area contributed by atoms with Crippen molar-refractivity contribution < 1.29 is 13.9 Å². The van der Waals surface area contributed by atoms with E-state index in [2.05, 4.69) is 0 Å². The van der Waals surface area contributed by atoms with E-state index in [4.69, 9.17) is 4.74 Å². The molecule has 78 valence electrons. The van der Waals surface area contributed by atoms with Crippen molar-refractivity contribution in [2.24, 2.45) is 0 Å². The van der Waals surface area contributed by atoms with E-state index >= 15 is 0 Å². The molecule has 0 radical (unpaired) electrons. The predicted octanol–water partition coefficient (Wildman–Crippen LogP) is 2.24. The molecular formula is C12H11FO2. The Morgan fingerprint density at radius 3 is 2.87 bits per heavy atom. The van der Waals surface area contributed by atoms with Crippen LogP contribution in [0.1, 0.15) is 12.0 Å². The molecule has 0 N–H and O–H groups in total. The van der Waals surface area contributed by atoms with E-state index in [0.29, 0.717) is 17.9 Å². The molecule has 1 aliphatic heterocycles. The van der Waals surface area contributed by atoms with Crippen LogP contribution in [0.2, 0.25) is 0 Å². The second kappa shape index (κ2) is 4.26. The van der Waals surface area contributed by atoms with Crippen molar-refractivity contribution in [2.75, 3.05) is 6.61 Å². The van der Waals surface area contributed by atoms with E-state index in [1.807, 2.05) is 0 Å². The highest BCUT2D eigenvalue weighted by Crippen LogP contribution is 2.14. The Bertz CT molecular complexity index is 410. The molecule has 3 heteroatoms. The summed E-state index contributed by atoms with van der Waals surface area (Å²) in [5, 5.41) is 0. The normalized spacial score (nSPS) is 14.6. The van der Waals surface area contributed by atoms with Crippen LogP contribution in [0.4, 0.5) is 4.39 Å². The average Bonchev–Trinajstić information content (AvgIpc) is 2.74. The first kappa shape index (κ1) is 9.90. The molecule has 0 saturated carbocycles. The molecule has 1 aromatic carbocycles. The zero-order valence-electron chi connectivity index (χ0n) is 8.20. The highest BCUT2D eigenvalue weighted by Gasteiger charge is 2.16. The minimum Gasteiger partial charge on any atom is -0.490 e. The molecule has 0 fully saturated rings. The molecular weight excluding hydrogens is 195 g/mol. The summed E-state index contributed by atoms with van der Waals surface area (Å²) in [6.07, 6.45) is 2.58. The number of hydrogen-bond donors (Lipinski definition) is 0. The maximum atomic E-state index is 13.2. The molecule has 0 unspecified atom stereocenters. The number of benzene rings is 1. The van der Waals surface area contributed by atoms with Crippen LogP contribution in [0.15, 0.2) is 36.1 Å². The van der Waals surface area contributed by atoms with Gasteiger partial charge in [0.25, 0.3) is 0 Å². The lowest BCUT2D eigenvalue weighted by molar-refractivity contribution is -0.117. The minimum absolute atomic E-state index is 0.0680. The fourth-order valence-corrected chi connectivity index (χ4v) is 1.51. The third-order valence-corrected chi connectivity index (χ3v) is 2.29. The smallest absolute Gasteiger partial charge is 0.201 e. The van der Waals surface area contributed by atoms with Gasteiger partial charge in [0.1, 0.15) is 5.82 Å². The van der Waals surface area contributed by atoms with Crippen molar-refractivity contribution in [3.8, 4) is 0 Å². The Kier molecular flexibility index (Phi) is 2.81. The molecule has 2 nitrogen and oxygen atoms in total. The molecule has 2 rings (SSSR count). The monoisotopic (exact) mass is 206 g/mol. The number of Topliss-reactive ketones (excluding diaryl/α,β-unsaturated/α-hetero) is 1. The fourth-order valence-electron chi connectivity index (χ4n) is 1.51. The average molecular weight is 206 g/mol. The van der Waals surface area contributed by atoms with Gasteiger partial charge in [-0.15, -0.1) is 0 Å². The third-order valence-electron chi connectivity index (χ3n) is 2.29. The van der Waals surface area contributed by atoms with Crippen molar-refractivity contribution in [1.29, 1.82) is 0 Å². The standard InChI is InChI=1S/C12H11FO2/c13-10-5-2-1-4-9(10)8-11(14)12-6-3-7-15-12/h1-2,4-6H,3,7-8H2. The molecule has 15 heavy (non-hydrogen) atoms. The van der Waals surface area contributed by atoms with Crippen molar-refractivity contribution >= 4 is 5.78 Å². The molecule has 1 heterocycles. The number of rotatable bonds is 3. The van der Waals surface area contributed by atoms with Gasteiger partial charge in [0.05, 0.1) is 6.61 Å². The molecule has 0 spiro atoms. The Morgan fingerprint density at radius 2 is 2.20 bits per heavy atom. The van der Waals surface area contributed by atoms with E-state index in [-0.39, 0.29) is 18.0 Å². The first-order valence-corrected chi connectivity index (χ1v) is 4.87. The van der Waals surface area contributed by atoms with E-state index in [1.165, 1.54) is 6.07 Å². The van der Waals surface area contributed by atoms with Gasteiger partial charge in [-0.05, 0) is 17.7 Å². The maximum Gasteiger partial charge on any atom is 0.201 e.